The van der Waals surface area contributed by atoms with E-state index in [4.69, 9.17) is 0 Å². The molecular formula is C20H19BrN2O3S2. The average Bonchev–Trinajstić information content (AvgIpc) is 3.11. The molecule has 4 rings (SSSR count). The van der Waals surface area contributed by atoms with Crippen molar-refractivity contribution in [1.29, 1.82) is 0 Å². The van der Waals surface area contributed by atoms with Crippen molar-refractivity contribution in [3.63, 3.8) is 0 Å². The van der Waals surface area contributed by atoms with Crippen LogP contribution in [-0.2, 0) is 21.1 Å². The largest absolute Gasteiger partial charge is 0.316 e. The number of aryl methyl sites for hydroxylation is 1. The van der Waals surface area contributed by atoms with Crippen LogP contribution in [0.25, 0.3) is 0 Å². The van der Waals surface area contributed by atoms with Crippen molar-refractivity contribution in [2.45, 2.75) is 24.1 Å². The van der Waals surface area contributed by atoms with E-state index in [-0.39, 0.29) is 28.7 Å². The molecule has 28 heavy (non-hydrogen) atoms. The SMILES string of the molecule is O=C(CCc1ccccc1)N=C1S[C@@H]2CS(=O)(=O)C[C@H]2N1c1cccc(Br)c1. The van der Waals surface area contributed by atoms with E-state index in [0.29, 0.717) is 18.0 Å². The zero-order valence-electron chi connectivity index (χ0n) is 15.0. The van der Waals surface area contributed by atoms with Crippen LogP contribution in [0.4, 0.5) is 5.69 Å². The highest BCUT2D eigenvalue weighted by molar-refractivity contribution is 9.10. The summed E-state index contributed by atoms with van der Waals surface area (Å²) in [6.45, 7) is 0. The number of anilines is 1. The maximum atomic E-state index is 12.5. The highest BCUT2D eigenvalue weighted by atomic mass is 79.9. The number of hydrogen-bond acceptors (Lipinski definition) is 4. The lowest BCUT2D eigenvalue weighted by molar-refractivity contribution is -0.117. The molecule has 2 aromatic rings. The first-order valence-corrected chi connectivity index (χ1v) is 12.5. The van der Waals surface area contributed by atoms with Gasteiger partial charge in [-0.15, -0.1) is 0 Å². The molecule has 2 heterocycles. The van der Waals surface area contributed by atoms with Crippen LogP contribution in [-0.4, -0.2) is 42.3 Å². The second kappa shape index (κ2) is 8.00. The lowest BCUT2D eigenvalue weighted by Gasteiger charge is -2.24. The lowest BCUT2D eigenvalue weighted by atomic mass is 10.1. The molecule has 0 N–H and O–H groups in total. The molecule has 0 saturated carbocycles. The Hall–Kier alpha value is -1.64. The molecule has 2 aromatic carbocycles. The highest BCUT2D eigenvalue weighted by Crippen LogP contribution is 2.41. The van der Waals surface area contributed by atoms with Crippen molar-refractivity contribution in [2.24, 2.45) is 4.99 Å². The predicted molar refractivity (Wildman–Crippen MR) is 118 cm³/mol. The van der Waals surface area contributed by atoms with Crippen LogP contribution in [0.3, 0.4) is 0 Å². The van der Waals surface area contributed by atoms with Gasteiger partial charge in [-0.3, -0.25) is 4.79 Å². The number of fused-ring (bicyclic) bond motifs is 1. The number of thioether (sulfide) groups is 1. The van der Waals surface area contributed by atoms with Gasteiger partial charge in [0.15, 0.2) is 15.0 Å². The second-order valence-corrected chi connectivity index (χ2v) is 11.2. The first kappa shape index (κ1) is 19.7. The van der Waals surface area contributed by atoms with E-state index in [1.54, 1.807) is 0 Å². The molecular weight excluding hydrogens is 460 g/mol. The molecule has 5 nitrogen and oxygen atoms in total. The van der Waals surface area contributed by atoms with Crippen molar-refractivity contribution in [2.75, 3.05) is 16.4 Å². The second-order valence-electron chi connectivity index (χ2n) is 6.92. The Morgan fingerprint density at radius 1 is 1.14 bits per heavy atom. The minimum Gasteiger partial charge on any atom is -0.316 e. The summed E-state index contributed by atoms with van der Waals surface area (Å²) in [5.41, 5.74) is 1.95. The van der Waals surface area contributed by atoms with E-state index in [1.165, 1.54) is 11.8 Å². The summed E-state index contributed by atoms with van der Waals surface area (Å²) < 4.78 is 25.1. The van der Waals surface area contributed by atoms with Crippen molar-refractivity contribution in [3.8, 4) is 0 Å². The standard InChI is InChI=1S/C20H19BrN2O3S2/c21-15-7-4-8-16(11-15)23-17-12-28(25,26)13-18(17)27-20(23)22-19(24)10-9-14-5-2-1-3-6-14/h1-8,11,17-18H,9-10,12-13H2/t17-,18-/m1/s1. The van der Waals surface area contributed by atoms with Gasteiger partial charge in [0.25, 0.3) is 0 Å². The molecule has 1 amide bonds. The van der Waals surface area contributed by atoms with E-state index < -0.39 is 9.84 Å². The van der Waals surface area contributed by atoms with E-state index in [2.05, 4.69) is 20.9 Å². The van der Waals surface area contributed by atoms with E-state index in [0.717, 1.165) is 15.7 Å². The number of hydrogen-bond donors (Lipinski definition) is 0. The van der Waals surface area contributed by atoms with Crippen molar-refractivity contribution in [1.82, 2.24) is 0 Å². The maximum Gasteiger partial charge on any atom is 0.248 e. The Kier molecular flexibility index (Phi) is 5.62. The molecule has 0 unspecified atom stereocenters. The number of amides is 1. The van der Waals surface area contributed by atoms with Crippen molar-refractivity contribution in [3.05, 3.63) is 64.6 Å². The highest BCUT2D eigenvalue weighted by Gasteiger charge is 2.49. The van der Waals surface area contributed by atoms with Crippen LogP contribution in [0.2, 0.25) is 0 Å². The average molecular weight is 479 g/mol. The fourth-order valence-corrected chi connectivity index (χ4v) is 7.87. The number of rotatable bonds is 4. The van der Waals surface area contributed by atoms with Gasteiger partial charge in [-0.1, -0.05) is 64.1 Å². The third kappa shape index (κ3) is 4.34. The van der Waals surface area contributed by atoms with Gasteiger partial charge >= 0.3 is 0 Å². The monoisotopic (exact) mass is 478 g/mol. The summed E-state index contributed by atoms with van der Waals surface area (Å²) in [4.78, 5) is 18.8. The summed E-state index contributed by atoms with van der Waals surface area (Å²) in [7, 11) is -3.07. The third-order valence-electron chi connectivity index (χ3n) is 4.84. The van der Waals surface area contributed by atoms with E-state index >= 15 is 0 Å². The Morgan fingerprint density at radius 3 is 2.68 bits per heavy atom. The van der Waals surface area contributed by atoms with Gasteiger partial charge in [0, 0.05) is 21.8 Å². The first-order valence-electron chi connectivity index (χ1n) is 8.99. The van der Waals surface area contributed by atoms with Crippen LogP contribution in [0.1, 0.15) is 12.0 Å². The van der Waals surface area contributed by atoms with Gasteiger partial charge in [0.05, 0.1) is 17.5 Å². The number of nitrogens with zero attached hydrogens (tertiary/aromatic N) is 2. The van der Waals surface area contributed by atoms with Crippen LogP contribution in [0.15, 0.2) is 64.1 Å². The summed E-state index contributed by atoms with van der Waals surface area (Å²) in [5, 5.41) is 0.505. The first-order chi connectivity index (χ1) is 13.4. The third-order valence-corrected chi connectivity index (χ3v) is 8.55. The molecule has 0 aromatic heterocycles. The molecule has 146 valence electrons. The van der Waals surface area contributed by atoms with Crippen LogP contribution in [0, 0.1) is 0 Å². The van der Waals surface area contributed by atoms with Gasteiger partial charge in [-0.05, 0) is 30.2 Å². The zero-order valence-corrected chi connectivity index (χ0v) is 18.2. The molecule has 2 fully saturated rings. The molecule has 0 radical (unpaired) electrons. The number of aliphatic imine (C=N–C) groups is 1. The fraction of sp³-hybridized carbons (Fsp3) is 0.300. The lowest BCUT2D eigenvalue weighted by Crippen LogP contribution is -2.37. The molecule has 2 atom stereocenters. The van der Waals surface area contributed by atoms with E-state index in [1.807, 2.05) is 59.5 Å². The van der Waals surface area contributed by atoms with Crippen LogP contribution < -0.4 is 4.90 Å². The molecule has 8 heteroatoms. The molecule has 2 aliphatic rings. The number of carbonyl (C=O) groups excluding carboxylic acids is 1. The summed E-state index contributed by atoms with van der Waals surface area (Å²) >= 11 is 4.87. The minimum absolute atomic E-state index is 0.0917. The van der Waals surface area contributed by atoms with Crippen molar-refractivity contribution >= 4 is 54.3 Å². The minimum atomic E-state index is -3.07. The number of carbonyl (C=O) groups is 1. The Labute approximate surface area is 177 Å². The molecule has 2 saturated heterocycles. The molecule has 2 aliphatic heterocycles. The Bertz CT molecular complexity index is 1020. The maximum absolute atomic E-state index is 12.5. The molecule has 0 spiro atoms. The molecule has 0 bridgehead atoms. The summed E-state index contributed by atoms with van der Waals surface area (Å²) in [6.07, 6.45) is 0.966. The summed E-state index contributed by atoms with van der Waals surface area (Å²) in [6, 6.07) is 17.3. The smallest absolute Gasteiger partial charge is 0.248 e. The number of amidine groups is 1. The number of halogens is 1. The normalized spacial score (nSPS) is 24.5. The van der Waals surface area contributed by atoms with Crippen LogP contribution >= 0.6 is 27.7 Å². The topological polar surface area (TPSA) is 66.8 Å². The number of sulfone groups is 1. The quantitative estimate of drug-likeness (QED) is 0.670. The Balaban J connectivity index is 1.58. The van der Waals surface area contributed by atoms with Gasteiger partial charge < -0.3 is 4.90 Å². The van der Waals surface area contributed by atoms with Gasteiger partial charge in [-0.25, -0.2) is 8.42 Å². The van der Waals surface area contributed by atoms with Gasteiger partial charge in [-0.2, -0.15) is 4.99 Å². The van der Waals surface area contributed by atoms with Crippen LogP contribution in [0.5, 0.6) is 0 Å². The van der Waals surface area contributed by atoms with Gasteiger partial charge in [0.2, 0.25) is 5.91 Å². The fourth-order valence-electron chi connectivity index (χ4n) is 3.55. The zero-order chi connectivity index (χ0) is 19.7. The summed E-state index contributed by atoms with van der Waals surface area (Å²) in [5.74, 6) is 0.0348. The van der Waals surface area contributed by atoms with Crippen molar-refractivity contribution < 1.29 is 13.2 Å². The molecule has 0 aliphatic carbocycles. The predicted octanol–water partition coefficient (Wildman–Crippen LogP) is 3.68. The van der Waals surface area contributed by atoms with Gasteiger partial charge in [0.1, 0.15) is 0 Å². The van der Waals surface area contributed by atoms with E-state index in [9.17, 15) is 13.2 Å². The number of benzene rings is 2. The Morgan fingerprint density at radius 2 is 1.93 bits per heavy atom.